The molecule has 0 unspecified atom stereocenters. The molecule has 0 aliphatic carbocycles. The molecule has 3 nitrogen and oxygen atoms in total. The molecule has 0 aliphatic heterocycles. The van der Waals surface area contributed by atoms with Crippen LogP contribution in [0.3, 0.4) is 0 Å². The highest BCUT2D eigenvalue weighted by Gasteiger charge is 2.24. The molecule has 6 aromatic carbocycles. The summed E-state index contributed by atoms with van der Waals surface area (Å²) >= 11 is 0.821. The molecule has 192 valence electrons. The average molecular weight is 562 g/mol. The maximum absolute atomic E-state index is 9.35. The van der Waals surface area contributed by atoms with Gasteiger partial charge in [0, 0.05) is 31.8 Å². The number of aromatic nitrogens is 3. The molecule has 0 N–H and O–H groups in total. The van der Waals surface area contributed by atoms with Crippen molar-refractivity contribution in [3.05, 3.63) is 126 Å². The second-order valence-electron chi connectivity index (χ2n) is 9.14. The number of hydrogen-bond donors (Lipinski definition) is 0. The minimum atomic E-state index is -0.815. The van der Waals surface area contributed by atoms with E-state index in [2.05, 4.69) is 9.97 Å². The summed E-state index contributed by atoms with van der Waals surface area (Å²) in [7, 11) is 0. The van der Waals surface area contributed by atoms with E-state index in [1.54, 1.807) is 0 Å². The Kier molecular flexibility index (Phi) is 2.22. The van der Waals surface area contributed by atoms with Gasteiger partial charge in [0.15, 0.2) is 5.82 Å². The fourth-order valence-electron chi connectivity index (χ4n) is 5.24. The smallest absolute Gasteiger partial charge is 0.165 e. The minimum Gasteiger partial charge on any atom is -0.290 e. The fraction of sp³-hybridized carbons (Fsp3) is 0.0270. The molecular weight excluding hydrogens is 518 g/mol. The molecular formula is C37H23N3S. The van der Waals surface area contributed by atoms with Gasteiger partial charge in [0.1, 0.15) is 5.69 Å². The van der Waals surface area contributed by atoms with Crippen LogP contribution in [0.25, 0.3) is 80.9 Å². The summed E-state index contributed by atoms with van der Waals surface area (Å²) in [5.41, 5.74) is -2.66. The molecule has 0 atom stereocenters. The van der Waals surface area contributed by atoms with E-state index >= 15 is 0 Å². The van der Waals surface area contributed by atoms with Crippen LogP contribution in [-0.2, 0) is 0 Å². The van der Waals surface area contributed by atoms with E-state index in [4.69, 9.17) is 20.6 Å². The van der Waals surface area contributed by atoms with Crippen LogP contribution in [0.1, 0.15) is 33.0 Å². The van der Waals surface area contributed by atoms with Gasteiger partial charge >= 0.3 is 0 Å². The van der Waals surface area contributed by atoms with Crippen LogP contribution in [0, 0.1) is 6.92 Å². The van der Waals surface area contributed by atoms with Gasteiger partial charge in [-0.1, -0.05) is 96.2 Å². The van der Waals surface area contributed by atoms with Crippen molar-refractivity contribution in [1.29, 1.82) is 0 Å². The van der Waals surface area contributed by atoms with Crippen LogP contribution in [0.4, 0.5) is 0 Å². The molecule has 0 amide bonds. The minimum absolute atomic E-state index is 0.00423. The Morgan fingerprint density at radius 3 is 2.10 bits per heavy atom. The van der Waals surface area contributed by atoms with Gasteiger partial charge in [-0.15, -0.1) is 11.3 Å². The maximum Gasteiger partial charge on any atom is 0.165 e. The Morgan fingerprint density at radius 1 is 0.634 bits per heavy atom. The zero-order valence-corrected chi connectivity index (χ0v) is 21.6. The highest BCUT2D eigenvalue weighted by atomic mass is 32.1. The van der Waals surface area contributed by atoms with Gasteiger partial charge in [-0.25, -0.2) is 9.97 Å². The van der Waals surface area contributed by atoms with Gasteiger partial charge in [-0.2, -0.15) is 0 Å². The molecule has 9 aromatic rings. The van der Waals surface area contributed by atoms with E-state index in [0.717, 1.165) is 15.9 Å². The monoisotopic (exact) mass is 561 g/mol. The largest absolute Gasteiger partial charge is 0.290 e. The Bertz CT molecular complexity index is 3590. The number of rotatable bonds is 2. The number of hydrogen-bond acceptors (Lipinski definition) is 3. The molecule has 0 aliphatic rings. The van der Waals surface area contributed by atoms with Gasteiger partial charge in [0.2, 0.25) is 0 Å². The van der Waals surface area contributed by atoms with Crippen LogP contribution in [0.2, 0.25) is 0 Å². The van der Waals surface area contributed by atoms with Crippen LogP contribution in [0.5, 0.6) is 0 Å². The zero-order chi connectivity index (χ0) is 44.5. The van der Waals surface area contributed by atoms with E-state index in [1.165, 1.54) is 6.92 Å². The van der Waals surface area contributed by atoms with Crippen LogP contribution >= 0.6 is 11.3 Å². The summed E-state index contributed by atoms with van der Waals surface area (Å²) in [6.07, 6.45) is 0. The molecule has 0 saturated carbocycles. The molecule has 0 fully saturated rings. The Labute approximate surface area is 268 Å². The topological polar surface area (TPSA) is 30.7 Å². The molecule has 0 bridgehead atoms. The highest BCUT2D eigenvalue weighted by molar-refractivity contribution is 7.27. The van der Waals surface area contributed by atoms with Crippen molar-refractivity contribution in [1.82, 2.24) is 14.5 Å². The molecule has 3 heterocycles. The number of para-hydroxylation sites is 3. The van der Waals surface area contributed by atoms with Gasteiger partial charge in [0.25, 0.3) is 0 Å². The Morgan fingerprint density at radius 2 is 1.29 bits per heavy atom. The molecule has 4 heteroatoms. The third-order valence-corrected chi connectivity index (χ3v) is 7.95. The van der Waals surface area contributed by atoms with E-state index in [-0.39, 0.29) is 70.9 Å². The van der Waals surface area contributed by atoms with E-state index in [9.17, 15) is 6.85 Å². The number of fused-ring (bicyclic) bond motifs is 11. The average Bonchev–Trinajstić information content (AvgIpc) is 3.81. The molecule has 3 aromatic heterocycles. The predicted octanol–water partition coefficient (Wildman–Crippen LogP) is 10.2. The van der Waals surface area contributed by atoms with E-state index in [1.807, 2.05) is 0 Å². The van der Waals surface area contributed by atoms with Crippen molar-refractivity contribution in [2.24, 2.45) is 0 Å². The first-order valence-corrected chi connectivity index (χ1v) is 13.0. The summed E-state index contributed by atoms with van der Waals surface area (Å²) < 4.78 is 178. The highest BCUT2D eigenvalue weighted by Crippen LogP contribution is 2.48. The number of nitrogens with zero attached hydrogens (tertiary/aromatic N) is 3. The van der Waals surface area contributed by atoms with Gasteiger partial charge < -0.3 is 0 Å². The SMILES string of the molecule is [2H]c1c([2H])c([2H])c(-c2nc3c([2H])c([2H])c([2H])c([2H])c3nc2-n2c3c([2H])c([2H])c([2H])c([2H])c3c3c4c([2H])c([2H])c([2H])c([2H])c4c4c(sc5c([2H])c([2H])c(C)c([2H])c54)c32)c([2H])c1[2H]. The molecule has 9 rings (SSSR count). The normalized spacial score (nSPS) is 18.9. The first-order valence-electron chi connectivity index (χ1n) is 22.2. The van der Waals surface area contributed by atoms with E-state index in [0.29, 0.717) is 0 Å². The molecule has 41 heavy (non-hydrogen) atoms. The molecule has 0 spiro atoms. The summed E-state index contributed by atoms with van der Waals surface area (Å²) in [6.45, 7) is 1.45. The van der Waals surface area contributed by atoms with E-state index < -0.39 is 136 Å². The van der Waals surface area contributed by atoms with Crippen molar-refractivity contribution >= 4 is 75.1 Å². The first kappa shape index (κ1) is 10.7. The predicted molar refractivity (Wildman–Crippen MR) is 174 cm³/mol. The van der Waals surface area contributed by atoms with Gasteiger partial charge in [0.05, 0.1) is 54.2 Å². The zero-order valence-electron chi connectivity index (χ0n) is 40.7. The van der Waals surface area contributed by atoms with Crippen LogP contribution in [-0.4, -0.2) is 14.5 Å². The lowest BCUT2D eigenvalue weighted by Gasteiger charge is -2.14. The third-order valence-electron chi connectivity index (χ3n) is 6.84. The maximum atomic E-state index is 9.35. The number of thiophene rings is 1. The summed E-state index contributed by atoms with van der Waals surface area (Å²) in [6, 6.07) is -13.4. The molecule has 0 saturated heterocycles. The summed E-state index contributed by atoms with van der Waals surface area (Å²) in [5, 5.41) is -0.908. The second kappa shape index (κ2) is 8.47. The summed E-state index contributed by atoms with van der Waals surface area (Å²) in [4.78, 5) is 9.21. The van der Waals surface area contributed by atoms with Crippen LogP contribution < -0.4 is 0 Å². The third kappa shape index (κ3) is 3.19. The first-order chi connectivity index (χ1) is 28.6. The lowest BCUT2D eigenvalue weighted by Crippen LogP contribution is -2.03. The lowest BCUT2D eigenvalue weighted by molar-refractivity contribution is 1.08. The second-order valence-corrected chi connectivity index (χ2v) is 10.2. The van der Waals surface area contributed by atoms with Gasteiger partial charge in [-0.3, -0.25) is 4.57 Å². The van der Waals surface area contributed by atoms with Crippen LogP contribution in [0.15, 0.2) is 121 Å². The standard InChI is InChI=1S/C37H23N3S/c1-22-19-20-31-27(21-22)33-25-14-6-5-13-24(25)32-26-15-7-10-18-30(26)40(35(32)36(33)41-31)37-34(23-11-3-2-4-12-23)38-28-16-8-9-17-29(28)39-37/h2-21H,1H3/i2D,3D,4D,5D,6D,7D,8D,9D,10D,11D,12D,13D,14D,15D,16D,17D,18D,19D,20D,21D. The van der Waals surface area contributed by atoms with Crippen molar-refractivity contribution in [3.8, 4) is 17.1 Å². The quantitative estimate of drug-likeness (QED) is 0.210. The summed E-state index contributed by atoms with van der Waals surface area (Å²) in [5.74, 6) is -0.561. The van der Waals surface area contributed by atoms with Gasteiger partial charge in [-0.05, 0) is 47.9 Å². The van der Waals surface area contributed by atoms with Crippen molar-refractivity contribution in [2.75, 3.05) is 0 Å². The van der Waals surface area contributed by atoms with Crippen molar-refractivity contribution in [2.45, 2.75) is 6.92 Å². The van der Waals surface area contributed by atoms with Crippen molar-refractivity contribution < 1.29 is 27.4 Å². The Hall–Kier alpha value is -5.06. The molecule has 0 radical (unpaired) electrons. The lowest BCUT2D eigenvalue weighted by atomic mass is 9.98. The van der Waals surface area contributed by atoms with Crippen molar-refractivity contribution in [3.63, 3.8) is 0 Å². The number of benzene rings is 6. The fourth-order valence-corrected chi connectivity index (χ4v) is 6.40. The Balaban J connectivity index is 1.73.